The van der Waals surface area contributed by atoms with Crippen LogP contribution in [-0.4, -0.2) is 43.8 Å². The van der Waals surface area contributed by atoms with Gasteiger partial charge in [0.2, 0.25) is 15.9 Å². The number of carbonyl (C=O) groups excluding carboxylic acids is 1. The summed E-state index contributed by atoms with van der Waals surface area (Å²) < 4.78 is 32.4. The molecular weight excluding hydrogens is 392 g/mol. The lowest BCUT2D eigenvalue weighted by Crippen LogP contribution is -2.40. The number of hydrogen-bond donors (Lipinski definition) is 1. The number of sulfonamides is 1. The summed E-state index contributed by atoms with van der Waals surface area (Å²) in [5.41, 5.74) is 2.22. The molecule has 3 aromatic rings. The molecule has 29 heavy (non-hydrogen) atoms. The molecule has 0 saturated heterocycles. The van der Waals surface area contributed by atoms with E-state index in [0.29, 0.717) is 18.0 Å². The zero-order valence-corrected chi connectivity index (χ0v) is 17.0. The summed E-state index contributed by atoms with van der Waals surface area (Å²) in [6, 6.07) is 14.2. The Hall–Kier alpha value is -3.33. The minimum atomic E-state index is -3.64. The Morgan fingerprint density at radius 3 is 2.59 bits per heavy atom. The molecule has 0 fully saturated rings. The van der Waals surface area contributed by atoms with Crippen LogP contribution in [0.5, 0.6) is 5.75 Å². The Morgan fingerprint density at radius 1 is 1.21 bits per heavy atom. The molecule has 0 bridgehead atoms. The van der Waals surface area contributed by atoms with Crippen molar-refractivity contribution in [3.8, 4) is 11.4 Å². The second kappa shape index (κ2) is 8.78. The number of hydrogen-bond acceptors (Lipinski definition) is 5. The highest BCUT2D eigenvalue weighted by Crippen LogP contribution is 2.22. The lowest BCUT2D eigenvalue weighted by molar-refractivity contribution is -0.119. The maximum atomic E-state index is 12.4. The van der Waals surface area contributed by atoms with Gasteiger partial charge < -0.3 is 14.6 Å². The van der Waals surface area contributed by atoms with Crippen molar-refractivity contribution in [3.05, 3.63) is 72.8 Å². The number of rotatable bonds is 8. The highest BCUT2D eigenvalue weighted by Gasteiger charge is 2.21. The quantitative estimate of drug-likeness (QED) is 0.608. The highest BCUT2D eigenvalue weighted by molar-refractivity contribution is 7.92. The molecule has 9 heteroatoms. The van der Waals surface area contributed by atoms with Crippen molar-refractivity contribution in [1.82, 2.24) is 14.9 Å². The number of imidazole rings is 1. The minimum absolute atomic E-state index is 0.290. The number of methoxy groups -OCH3 is 1. The fraction of sp³-hybridized carbons (Fsp3) is 0.200. The molecule has 0 aliphatic rings. The predicted molar refractivity (Wildman–Crippen MR) is 111 cm³/mol. The van der Waals surface area contributed by atoms with Crippen molar-refractivity contribution >= 4 is 21.6 Å². The molecule has 2 aromatic carbocycles. The fourth-order valence-electron chi connectivity index (χ4n) is 2.75. The molecule has 0 aliphatic heterocycles. The van der Waals surface area contributed by atoms with Crippen LogP contribution in [0.3, 0.4) is 0 Å². The molecule has 152 valence electrons. The van der Waals surface area contributed by atoms with Gasteiger partial charge in [0.05, 0.1) is 25.4 Å². The van der Waals surface area contributed by atoms with Crippen molar-refractivity contribution < 1.29 is 17.9 Å². The van der Waals surface area contributed by atoms with Crippen LogP contribution in [0.15, 0.2) is 67.3 Å². The summed E-state index contributed by atoms with van der Waals surface area (Å²) in [6.45, 7) is -0.0299. The maximum Gasteiger partial charge on any atom is 0.241 e. The first-order valence-electron chi connectivity index (χ1n) is 8.82. The SMILES string of the molecule is COc1cccc(N(CC(=O)NCc2ccc(-n3ccnc3)cc2)S(C)(=O)=O)c1. The standard InChI is InChI=1S/C20H22N4O4S/c1-28-19-5-3-4-18(12-19)24(29(2,26)27)14-20(25)22-13-16-6-8-17(9-7-16)23-11-10-21-15-23/h3-12,15H,13-14H2,1-2H3,(H,22,25). The summed E-state index contributed by atoms with van der Waals surface area (Å²) in [6.07, 6.45) is 6.31. The van der Waals surface area contributed by atoms with E-state index in [0.717, 1.165) is 21.8 Å². The first-order chi connectivity index (χ1) is 13.9. The summed E-state index contributed by atoms with van der Waals surface area (Å²) in [5, 5.41) is 2.76. The number of nitrogens with one attached hydrogen (secondary N) is 1. The van der Waals surface area contributed by atoms with E-state index in [2.05, 4.69) is 10.3 Å². The Kier molecular flexibility index (Phi) is 6.18. The van der Waals surface area contributed by atoms with E-state index >= 15 is 0 Å². The molecule has 0 unspecified atom stereocenters. The number of nitrogens with zero attached hydrogens (tertiary/aromatic N) is 3. The molecule has 0 spiro atoms. The first-order valence-corrected chi connectivity index (χ1v) is 10.7. The summed E-state index contributed by atoms with van der Waals surface area (Å²) in [5.74, 6) is 0.103. The van der Waals surface area contributed by atoms with Gasteiger partial charge in [-0.15, -0.1) is 0 Å². The van der Waals surface area contributed by atoms with Crippen LogP contribution >= 0.6 is 0 Å². The number of aromatic nitrogens is 2. The van der Waals surface area contributed by atoms with E-state index < -0.39 is 15.9 Å². The van der Waals surface area contributed by atoms with Gasteiger partial charge in [-0.3, -0.25) is 9.10 Å². The Labute approximate surface area is 169 Å². The molecule has 1 heterocycles. The minimum Gasteiger partial charge on any atom is -0.497 e. The van der Waals surface area contributed by atoms with Gasteiger partial charge in [0.25, 0.3) is 0 Å². The van der Waals surface area contributed by atoms with Crippen LogP contribution in [0.1, 0.15) is 5.56 Å². The Bertz CT molecular complexity index is 1060. The topological polar surface area (TPSA) is 93.5 Å². The highest BCUT2D eigenvalue weighted by atomic mass is 32.2. The summed E-state index contributed by atoms with van der Waals surface area (Å²) in [7, 11) is -2.15. The lowest BCUT2D eigenvalue weighted by atomic mass is 10.2. The average molecular weight is 414 g/mol. The molecule has 0 atom stereocenters. The van der Waals surface area contributed by atoms with E-state index in [1.54, 1.807) is 36.8 Å². The van der Waals surface area contributed by atoms with Crippen LogP contribution in [-0.2, 0) is 21.4 Å². The van der Waals surface area contributed by atoms with Crippen LogP contribution in [0.2, 0.25) is 0 Å². The second-order valence-electron chi connectivity index (χ2n) is 6.38. The molecule has 1 amide bonds. The van der Waals surface area contributed by atoms with Gasteiger partial charge in [-0.2, -0.15) is 0 Å². The third kappa shape index (κ3) is 5.35. The molecule has 0 saturated carbocycles. The molecule has 3 rings (SSSR count). The molecule has 0 aliphatic carbocycles. The summed E-state index contributed by atoms with van der Waals surface area (Å²) in [4.78, 5) is 16.4. The fourth-order valence-corrected chi connectivity index (χ4v) is 3.60. The molecule has 0 radical (unpaired) electrons. The normalized spacial score (nSPS) is 11.1. The van der Waals surface area contributed by atoms with Gasteiger partial charge >= 0.3 is 0 Å². The number of benzene rings is 2. The van der Waals surface area contributed by atoms with Crippen LogP contribution < -0.4 is 14.4 Å². The maximum absolute atomic E-state index is 12.4. The van der Waals surface area contributed by atoms with Crippen molar-refractivity contribution in [2.75, 3.05) is 24.2 Å². The Balaban J connectivity index is 1.64. The zero-order chi connectivity index (χ0) is 20.9. The van der Waals surface area contributed by atoms with E-state index in [1.165, 1.54) is 7.11 Å². The predicted octanol–water partition coefficient (Wildman–Crippen LogP) is 1.96. The van der Waals surface area contributed by atoms with Gasteiger partial charge in [-0.05, 0) is 29.8 Å². The van der Waals surface area contributed by atoms with E-state index in [4.69, 9.17) is 4.74 Å². The number of amides is 1. The van der Waals surface area contributed by atoms with Crippen molar-refractivity contribution in [3.63, 3.8) is 0 Å². The van der Waals surface area contributed by atoms with Crippen molar-refractivity contribution in [1.29, 1.82) is 0 Å². The van der Waals surface area contributed by atoms with Crippen molar-refractivity contribution in [2.24, 2.45) is 0 Å². The van der Waals surface area contributed by atoms with E-state index in [1.807, 2.05) is 35.0 Å². The number of anilines is 1. The molecule has 1 N–H and O–H groups in total. The van der Waals surface area contributed by atoms with Gasteiger partial charge in [-0.1, -0.05) is 18.2 Å². The van der Waals surface area contributed by atoms with Crippen LogP contribution in [0.25, 0.3) is 5.69 Å². The Morgan fingerprint density at radius 2 is 1.97 bits per heavy atom. The molecular formula is C20H22N4O4S. The van der Waals surface area contributed by atoms with Crippen LogP contribution in [0, 0.1) is 0 Å². The first kappa shape index (κ1) is 20.4. The van der Waals surface area contributed by atoms with Crippen LogP contribution in [0.4, 0.5) is 5.69 Å². The third-order valence-corrected chi connectivity index (χ3v) is 5.40. The van der Waals surface area contributed by atoms with Gasteiger partial charge in [0.1, 0.15) is 12.3 Å². The monoisotopic (exact) mass is 414 g/mol. The van der Waals surface area contributed by atoms with Gasteiger partial charge in [0.15, 0.2) is 0 Å². The van der Waals surface area contributed by atoms with Crippen molar-refractivity contribution in [2.45, 2.75) is 6.54 Å². The lowest BCUT2D eigenvalue weighted by Gasteiger charge is -2.22. The summed E-state index contributed by atoms with van der Waals surface area (Å²) >= 11 is 0. The smallest absolute Gasteiger partial charge is 0.241 e. The second-order valence-corrected chi connectivity index (χ2v) is 8.29. The third-order valence-electron chi connectivity index (χ3n) is 4.26. The van der Waals surface area contributed by atoms with E-state index in [9.17, 15) is 13.2 Å². The van der Waals surface area contributed by atoms with Gasteiger partial charge in [0, 0.05) is 30.7 Å². The largest absolute Gasteiger partial charge is 0.497 e. The average Bonchev–Trinajstić information content (AvgIpc) is 3.25. The molecule has 8 nitrogen and oxygen atoms in total. The zero-order valence-electron chi connectivity index (χ0n) is 16.1. The van der Waals surface area contributed by atoms with Gasteiger partial charge in [-0.25, -0.2) is 13.4 Å². The number of carbonyl (C=O) groups is 1. The molecule has 1 aromatic heterocycles. The van der Waals surface area contributed by atoms with E-state index in [-0.39, 0.29) is 6.54 Å². The number of ether oxygens (including phenoxy) is 1.